The monoisotopic (exact) mass is 264 g/mol. The normalized spacial score (nSPS) is 12.4. The zero-order chi connectivity index (χ0) is 12.9. The number of halogens is 4. The second-order valence-corrected chi connectivity index (χ2v) is 3.43. The fraction of sp³-hybridized carbons (Fsp3) is 0.200. The van der Waals surface area contributed by atoms with E-state index in [0.717, 1.165) is 6.20 Å². The van der Waals surface area contributed by atoms with Crippen LogP contribution >= 0.6 is 11.6 Å². The zero-order valence-electron chi connectivity index (χ0n) is 8.46. The lowest BCUT2D eigenvalue weighted by molar-refractivity contribution is -0.165. The predicted octanol–water partition coefficient (Wildman–Crippen LogP) is 2.38. The Hall–Kier alpha value is -1.56. The molecular weight excluding hydrogens is 257 g/mol. The van der Waals surface area contributed by atoms with Crippen molar-refractivity contribution in [2.24, 2.45) is 0 Å². The Bertz CT molecular complexity index is 417. The largest absolute Gasteiger partial charge is 0.455 e. The van der Waals surface area contributed by atoms with E-state index < -0.39 is 17.0 Å². The molecule has 17 heavy (non-hydrogen) atoms. The number of carbonyl (C=O) groups is 1. The van der Waals surface area contributed by atoms with E-state index in [4.69, 9.17) is 11.6 Å². The Labute approximate surface area is 100 Å². The van der Waals surface area contributed by atoms with Gasteiger partial charge in [-0.1, -0.05) is 17.7 Å². The summed E-state index contributed by atoms with van der Waals surface area (Å²) in [6.45, 7) is 0.183. The van der Waals surface area contributed by atoms with Gasteiger partial charge in [0, 0.05) is 12.4 Å². The summed E-state index contributed by atoms with van der Waals surface area (Å²) in [6, 6.07) is 5.12. The number of hydrogen-bond donors (Lipinski definition) is 1. The molecule has 0 aliphatic heterocycles. The first kappa shape index (κ1) is 13.5. The standard InChI is InChI=1S/C10H8ClF3N2O/c11-8(9(17)10(12,13)14)6-15-5-7-3-1-2-4-16-7/h1-4,6,15H,5H2. The first-order valence-electron chi connectivity index (χ1n) is 4.51. The molecule has 0 atom stereocenters. The Morgan fingerprint density at radius 2 is 2.18 bits per heavy atom. The number of rotatable bonds is 4. The smallest absolute Gasteiger partial charge is 0.384 e. The van der Waals surface area contributed by atoms with Crippen LogP contribution in [0.25, 0.3) is 0 Å². The van der Waals surface area contributed by atoms with Gasteiger partial charge in [0.1, 0.15) is 5.03 Å². The molecule has 92 valence electrons. The third-order valence-electron chi connectivity index (χ3n) is 1.71. The van der Waals surface area contributed by atoms with Gasteiger partial charge in [-0.3, -0.25) is 9.78 Å². The number of pyridine rings is 1. The maximum absolute atomic E-state index is 11.9. The van der Waals surface area contributed by atoms with Gasteiger partial charge in [-0.05, 0) is 12.1 Å². The van der Waals surface area contributed by atoms with Crippen LogP contribution in [0.5, 0.6) is 0 Å². The van der Waals surface area contributed by atoms with Crippen LogP contribution in [-0.4, -0.2) is 16.9 Å². The molecule has 0 aliphatic carbocycles. The van der Waals surface area contributed by atoms with Gasteiger partial charge in [-0.25, -0.2) is 0 Å². The second-order valence-electron chi connectivity index (χ2n) is 3.02. The third-order valence-corrected chi connectivity index (χ3v) is 1.99. The number of aromatic nitrogens is 1. The maximum Gasteiger partial charge on any atom is 0.455 e. The van der Waals surface area contributed by atoms with Crippen molar-refractivity contribution < 1.29 is 18.0 Å². The van der Waals surface area contributed by atoms with Crippen LogP contribution in [-0.2, 0) is 11.3 Å². The van der Waals surface area contributed by atoms with Crippen LogP contribution in [0.4, 0.5) is 13.2 Å². The summed E-state index contributed by atoms with van der Waals surface area (Å²) in [7, 11) is 0. The molecule has 1 aromatic heterocycles. The van der Waals surface area contributed by atoms with E-state index in [9.17, 15) is 18.0 Å². The molecule has 0 fully saturated rings. The zero-order valence-corrected chi connectivity index (χ0v) is 9.22. The van der Waals surface area contributed by atoms with Gasteiger partial charge in [0.2, 0.25) is 0 Å². The van der Waals surface area contributed by atoms with E-state index in [1.165, 1.54) is 0 Å². The van der Waals surface area contributed by atoms with Gasteiger partial charge in [-0.2, -0.15) is 13.2 Å². The van der Waals surface area contributed by atoms with Crippen molar-refractivity contribution in [3.05, 3.63) is 41.3 Å². The highest BCUT2D eigenvalue weighted by Gasteiger charge is 2.40. The summed E-state index contributed by atoms with van der Waals surface area (Å²) in [5.41, 5.74) is 0.618. The van der Waals surface area contributed by atoms with Crippen molar-refractivity contribution in [3.8, 4) is 0 Å². The molecule has 1 heterocycles. The summed E-state index contributed by atoms with van der Waals surface area (Å²) in [5, 5.41) is 1.57. The number of ketones is 1. The van der Waals surface area contributed by atoms with E-state index in [1.54, 1.807) is 24.4 Å². The van der Waals surface area contributed by atoms with Gasteiger partial charge >= 0.3 is 6.18 Å². The lowest BCUT2D eigenvalue weighted by atomic mass is 10.3. The van der Waals surface area contributed by atoms with Crippen molar-refractivity contribution >= 4 is 17.4 Å². The van der Waals surface area contributed by atoms with Crippen molar-refractivity contribution in [2.45, 2.75) is 12.7 Å². The van der Waals surface area contributed by atoms with E-state index in [2.05, 4.69) is 10.3 Å². The molecule has 0 radical (unpaired) electrons. The molecule has 0 saturated carbocycles. The Morgan fingerprint density at radius 3 is 2.71 bits per heavy atom. The molecule has 0 aliphatic rings. The molecule has 1 N–H and O–H groups in total. The number of nitrogens with zero attached hydrogens (tertiary/aromatic N) is 1. The minimum Gasteiger partial charge on any atom is -0.384 e. The van der Waals surface area contributed by atoms with E-state index in [0.29, 0.717) is 5.69 Å². The van der Waals surface area contributed by atoms with Gasteiger partial charge < -0.3 is 5.32 Å². The molecule has 0 aromatic carbocycles. The van der Waals surface area contributed by atoms with Crippen molar-refractivity contribution in [1.82, 2.24) is 10.3 Å². The van der Waals surface area contributed by atoms with Crippen LogP contribution in [0.15, 0.2) is 35.6 Å². The SMILES string of the molecule is O=C(C(Cl)=CNCc1ccccn1)C(F)(F)F. The summed E-state index contributed by atoms with van der Waals surface area (Å²) >= 11 is 5.19. The van der Waals surface area contributed by atoms with Crippen molar-refractivity contribution in [2.75, 3.05) is 0 Å². The van der Waals surface area contributed by atoms with E-state index >= 15 is 0 Å². The number of allylic oxidation sites excluding steroid dienone is 1. The fourth-order valence-electron chi connectivity index (χ4n) is 0.949. The Balaban J connectivity index is 2.52. The third kappa shape index (κ3) is 4.44. The molecule has 0 spiro atoms. The molecule has 0 bridgehead atoms. The Kier molecular flexibility index (Phi) is 4.51. The van der Waals surface area contributed by atoms with Gasteiger partial charge in [0.25, 0.3) is 5.78 Å². The van der Waals surface area contributed by atoms with Crippen LogP contribution in [0.1, 0.15) is 5.69 Å². The molecule has 7 heteroatoms. The lowest BCUT2D eigenvalue weighted by Gasteiger charge is -2.04. The maximum atomic E-state index is 11.9. The van der Waals surface area contributed by atoms with Crippen molar-refractivity contribution in [1.29, 1.82) is 0 Å². The van der Waals surface area contributed by atoms with Crippen LogP contribution in [0.2, 0.25) is 0 Å². The van der Waals surface area contributed by atoms with Gasteiger partial charge in [0.15, 0.2) is 0 Å². The molecule has 3 nitrogen and oxygen atoms in total. The highest BCUT2D eigenvalue weighted by Crippen LogP contribution is 2.22. The number of nitrogens with one attached hydrogen (secondary N) is 1. The summed E-state index contributed by atoms with van der Waals surface area (Å²) < 4.78 is 35.8. The Morgan fingerprint density at radius 1 is 1.47 bits per heavy atom. The van der Waals surface area contributed by atoms with Crippen LogP contribution in [0.3, 0.4) is 0 Å². The first-order valence-corrected chi connectivity index (χ1v) is 4.89. The molecule has 1 aromatic rings. The molecular formula is C10H8ClF3N2O. The fourth-order valence-corrected chi connectivity index (χ4v) is 1.13. The average molecular weight is 265 g/mol. The van der Waals surface area contributed by atoms with Crippen LogP contribution < -0.4 is 5.32 Å². The number of Topliss-reactive ketones (excluding diaryl/α,β-unsaturated/α-hetero) is 1. The highest BCUT2D eigenvalue weighted by molar-refractivity contribution is 6.43. The molecule has 0 amide bonds. The summed E-state index contributed by atoms with van der Waals surface area (Å²) in [5.74, 6) is -2.08. The lowest BCUT2D eigenvalue weighted by Crippen LogP contribution is -2.23. The number of carbonyl (C=O) groups excluding carboxylic acids is 1. The van der Waals surface area contributed by atoms with E-state index in [-0.39, 0.29) is 6.54 Å². The van der Waals surface area contributed by atoms with Gasteiger partial charge in [0.05, 0.1) is 12.2 Å². The minimum absolute atomic E-state index is 0.183. The summed E-state index contributed by atoms with van der Waals surface area (Å²) in [6.07, 6.45) is -2.60. The number of alkyl halides is 3. The van der Waals surface area contributed by atoms with E-state index in [1.807, 2.05) is 0 Å². The topological polar surface area (TPSA) is 42.0 Å². The quantitative estimate of drug-likeness (QED) is 0.849. The minimum atomic E-state index is -4.96. The van der Waals surface area contributed by atoms with Crippen molar-refractivity contribution in [3.63, 3.8) is 0 Å². The molecule has 1 rings (SSSR count). The van der Waals surface area contributed by atoms with Gasteiger partial charge in [-0.15, -0.1) is 0 Å². The predicted molar refractivity (Wildman–Crippen MR) is 56.1 cm³/mol. The first-order chi connectivity index (χ1) is 7.91. The van der Waals surface area contributed by atoms with Crippen LogP contribution in [0, 0.1) is 0 Å². The summed E-state index contributed by atoms with van der Waals surface area (Å²) in [4.78, 5) is 14.6. The average Bonchev–Trinajstić information content (AvgIpc) is 2.28. The molecule has 0 unspecified atom stereocenters. The highest BCUT2D eigenvalue weighted by atomic mass is 35.5. The second kappa shape index (κ2) is 5.67. The molecule has 0 saturated heterocycles. The number of hydrogen-bond acceptors (Lipinski definition) is 3.